The van der Waals surface area contributed by atoms with Gasteiger partial charge in [-0.25, -0.2) is 13.4 Å². The molecule has 8 heteroatoms. The van der Waals surface area contributed by atoms with E-state index in [-0.39, 0.29) is 18.0 Å². The molecular weight excluding hydrogens is 342 g/mol. The molecule has 7 nitrogen and oxygen atoms in total. The third-order valence-corrected chi connectivity index (χ3v) is 6.90. The summed E-state index contributed by atoms with van der Waals surface area (Å²) in [5.41, 5.74) is 0.652. The highest BCUT2D eigenvalue weighted by molar-refractivity contribution is 7.92. The largest absolute Gasteiger partial charge is 0.508 e. The first-order valence-electron chi connectivity index (χ1n) is 8.31. The van der Waals surface area contributed by atoms with Gasteiger partial charge in [0.1, 0.15) is 11.5 Å². The average molecular weight is 369 g/mol. The summed E-state index contributed by atoms with van der Waals surface area (Å²) >= 11 is 0. The highest BCUT2D eigenvalue weighted by Gasteiger charge is 2.40. The molecule has 1 fully saturated rings. The van der Waals surface area contributed by atoms with Crippen LogP contribution in [0.5, 0.6) is 11.5 Å². The SMILES string of the molecule is CCNC(=NCc1cc(OC)ccc1O)N1CCS(=O)(=O)C(C)(C)C1. The molecule has 1 heterocycles. The Bertz CT molecular complexity index is 744. The predicted octanol–water partition coefficient (Wildman–Crippen LogP) is 1.38. The molecule has 1 saturated heterocycles. The van der Waals surface area contributed by atoms with Crippen molar-refractivity contribution in [1.29, 1.82) is 0 Å². The van der Waals surface area contributed by atoms with Crippen LogP contribution < -0.4 is 10.1 Å². The molecule has 0 bridgehead atoms. The fraction of sp³-hybridized carbons (Fsp3) is 0.588. The van der Waals surface area contributed by atoms with Gasteiger partial charge >= 0.3 is 0 Å². The Balaban J connectivity index is 2.22. The first kappa shape index (κ1) is 19.4. The number of rotatable bonds is 4. The lowest BCUT2D eigenvalue weighted by Gasteiger charge is -2.39. The van der Waals surface area contributed by atoms with Crippen molar-refractivity contribution in [3.05, 3.63) is 23.8 Å². The van der Waals surface area contributed by atoms with Gasteiger partial charge in [0.2, 0.25) is 0 Å². The molecule has 0 saturated carbocycles. The lowest BCUT2D eigenvalue weighted by Crippen LogP contribution is -2.57. The van der Waals surface area contributed by atoms with E-state index in [1.165, 1.54) is 0 Å². The number of hydrogen-bond donors (Lipinski definition) is 2. The zero-order valence-corrected chi connectivity index (χ0v) is 16.1. The lowest BCUT2D eigenvalue weighted by molar-refractivity contribution is 0.353. The molecule has 2 rings (SSSR count). The zero-order chi connectivity index (χ0) is 18.7. The van der Waals surface area contributed by atoms with Gasteiger partial charge in [-0.2, -0.15) is 0 Å². The van der Waals surface area contributed by atoms with Gasteiger partial charge in [-0.1, -0.05) is 0 Å². The van der Waals surface area contributed by atoms with Crippen LogP contribution in [0.1, 0.15) is 26.3 Å². The van der Waals surface area contributed by atoms with E-state index in [1.807, 2.05) is 11.8 Å². The van der Waals surface area contributed by atoms with Crippen LogP contribution in [-0.2, 0) is 16.4 Å². The molecule has 0 aromatic heterocycles. The highest BCUT2D eigenvalue weighted by Crippen LogP contribution is 2.25. The number of benzene rings is 1. The Morgan fingerprint density at radius 3 is 2.76 bits per heavy atom. The molecule has 1 aromatic carbocycles. The molecule has 1 aromatic rings. The van der Waals surface area contributed by atoms with Gasteiger partial charge in [0, 0.05) is 25.2 Å². The Hall–Kier alpha value is -1.96. The summed E-state index contributed by atoms with van der Waals surface area (Å²) in [4.78, 5) is 6.54. The van der Waals surface area contributed by atoms with Crippen molar-refractivity contribution in [3.63, 3.8) is 0 Å². The Kier molecular flexibility index (Phi) is 5.82. The maximum atomic E-state index is 12.2. The maximum absolute atomic E-state index is 12.2. The first-order chi connectivity index (χ1) is 11.7. The first-order valence-corrected chi connectivity index (χ1v) is 9.97. The number of ether oxygens (including phenoxy) is 1. The molecule has 0 spiro atoms. The third kappa shape index (κ3) is 4.36. The van der Waals surface area contributed by atoms with Crippen molar-refractivity contribution in [1.82, 2.24) is 10.2 Å². The van der Waals surface area contributed by atoms with Gasteiger partial charge in [-0.05, 0) is 39.0 Å². The van der Waals surface area contributed by atoms with E-state index in [9.17, 15) is 13.5 Å². The van der Waals surface area contributed by atoms with Gasteiger partial charge in [0.25, 0.3) is 0 Å². The Labute approximate surface area is 149 Å². The molecule has 0 amide bonds. The Morgan fingerprint density at radius 2 is 2.16 bits per heavy atom. The van der Waals surface area contributed by atoms with E-state index in [4.69, 9.17) is 4.74 Å². The fourth-order valence-electron chi connectivity index (χ4n) is 2.73. The summed E-state index contributed by atoms with van der Waals surface area (Å²) in [6.45, 7) is 7.18. The van der Waals surface area contributed by atoms with Gasteiger partial charge in [-0.15, -0.1) is 0 Å². The maximum Gasteiger partial charge on any atom is 0.194 e. The number of aliphatic imine (C=N–C) groups is 1. The highest BCUT2D eigenvalue weighted by atomic mass is 32.2. The molecule has 1 aliphatic rings. The van der Waals surface area contributed by atoms with E-state index in [1.54, 1.807) is 39.2 Å². The molecule has 0 atom stereocenters. The van der Waals surface area contributed by atoms with Gasteiger partial charge in [0.05, 0.1) is 24.2 Å². The topological polar surface area (TPSA) is 91.2 Å². The predicted molar refractivity (Wildman–Crippen MR) is 98.9 cm³/mol. The van der Waals surface area contributed by atoms with Crippen LogP contribution in [0.4, 0.5) is 0 Å². The van der Waals surface area contributed by atoms with Crippen LogP contribution in [0, 0.1) is 0 Å². The number of phenols is 1. The second kappa shape index (κ2) is 7.51. The molecule has 1 aliphatic heterocycles. The van der Waals surface area contributed by atoms with Gasteiger partial charge < -0.3 is 20.1 Å². The minimum Gasteiger partial charge on any atom is -0.508 e. The number of aromatic hydroxyl groups is 1. The smallest absolute Gasteiger partial charge is 0.194 e. The number of sulfone groups is 1. The summed E-state index contributed by atoms with van der Waals surface area (Å²) < 4.78 is 28.7. The number of methoxy groups -OCH3 is 1. The summed E-state index contributed by atoms with van der Waals surface area (Å²) in [7, 11) is -1.54. The minimum absolute atomic E-state index is 0.106. The van der Waals surface area contributed by atoms with Crippen LogP contribution in [-0.4, -0.2) is 61.6 Å². The second-order valence-electron chi connectivity index (χ2n) is 6.66. The number of hydrogen-bond acceptors (Lipinski definition) is 5. The summed E-state index contributed by atoms with van der Waals surface area (Å²) in [5, 5.41) is 13.2. The van der Waals surface area contributed by atoms with E-state index in [0.717, 1.165) is 0 Å². The minimum atomic E-state index is -3.11. The van der Waals surface area contributed by atoms with Crippen molar-refractivity contribution in [3.8, 4) is 11.5 Å². The quantitative estimate of drug-likeness (QED) is 0.615. The molecule has 0 aliphatic carbocycles. The van der Waals surface area contributed by atoms with Crippen LogP contribution in [0.3, 0.4) is 0 Å². The average Bonchev–Trinajstić information content (AvgIpc) is 2.55. The summed E-state index contributed by atoms with van der Waals surface area (Å²) in [6, 6.07) is 5.01. The van der Waals surface area contributed by atoms with E-state index >= 15 is 0 Å². The van der Waals surface area contributed by atoms with Crippen molar-refractivity contribution in [2.24, 2.45) is 4.99 Å². The molecule has 0 unspecified atom stereocenters. The standard InChI is InChI=1S/C17H27N3O4S/c1-5-18-16(20-8-9-25(22,23)17(2,3)12-20)19-11-13-10-14(24-4)6-7-15(13)21/h6-7,10,21H,5,8-9,11-12H2,1-4H3,(H,18,19). The van der Waals surface area contributed by atoms with Crippen LogP contribution in [0.2, 0.25) is 0 Å². The normalized spacial score (nSPS) is 19.5. The molecular formula is C17H27N3O4S. The van der Waals surface area contributed by atoms with Crippen molar-refractivity contribution >= 4 is 15.8 Å². The van der Waals surface area contributed by atoms with E-state index in [2.05, 4.69) is 10.3 Å². The van der Waals surface area contributed by atoms with Crippen LogP contribution in [0.25, 0.3) is 0 Å². The molecule has 2 N–H and O–H groups in total. The third-order valence-electron chi connectivity index (χ3n) is 4.36. The molecule has 25 heavy (non-hydrogen) atoms. The number of nitrogens with zero attached hydrogens (tertiary/aromatic N) is 2. The number of nitrogens with one attached hydrogen (secondary N) is 1. The fourth-order valence-corrected chi connectivity index (χ4v) is 4.09. The molecule has 140 valence electrons. The van der Waals surface area contributed by atoms with Gasteiger partial charge in [0.15, 0.2) is 15.8 Å². The van der Waals surface area contributed by atoms with E-state index < -0.39 is 14.6 Å². The monoisotopic (exact) mass is 369 g/mol. The van der Waals surface area contributed by atoms with Crippen molar-refractivity contribution < 1.29 is 18.3 Å². The van der Waals surface area contributed by atoms with Crippen LogP contribution >= 0.6 is 0 Å². The summed E-state index contributed by atoms with van der Waals surface area (Å²) in [5.74, 6) is 1.56. The molecule has 0 radical (unpaired) electrons. The second-order valence-corrected chi connectivity index (χ2v) is 9.41. The summed E-state index contributed by atoms with van der Waals surface area (Å²) in [6.07, 6.45) is 0. The van der Waals surface area contributed by atoms with Crippen LogP contribution in [0.15, 0.2) is 23.2 Å². The lowest BCUT2D eigenvalue weighted by atomic mass is 10.2. The van der Waals surface area contributed by atoms with E-state index in [0.29, 0.717) is 36.9 Å². The number of phenolic OH excluding ortho intramolecular Hbond substituents is 1. The van der Waals surface area contributed by atoms with Gasteiger partial charge in [-0.3, -0.25) is 0 Å². The van der Waals surface area contributed by atoms with Crippen molar-refractivity contribution in [2.45, 2.75) is 32.1 Å². The van der Waals surface area contributed by atoms with Crippen molar-refractivity contribution in [2.75, 3.05) is 32.5 Å². The Morgan fingerprint density at radius 1 is 1.44 bits per heavy atom. The zero-order valence-electron chi connectivity index (χ0n) is 15.2. The number of guanidine groups is 1.